The van der Waals surface area contributed by atoms with E-state index < -0.39 is 10.0 Å². The van der Waals surface area contributed by atoms with E-state index in [1.807, 2.05) is 44.2 Å². The molecule has 182 valence electrons. The molecule has 4 rings (SSSR count). The van der Waals surface area contributed by atoms with Crippen LogP contribution in [0.2, 0.25) is 0 Å². The number of amides is 1. The average molecular weight is 494 g/mol. The molecule has 9 heteroatoms. The number of ether oxygens (including phenoxy) is 2. The Morgan fingerprint density at radius 2 is 1.77 bits per heavy atom. The van der Waals surface area contributed by atoms with Crippen molar-refractivity contribution in [3.63, 3.8) is 0 Å². The third-order valence-corrected chi connectivity index (χ3v) is 6.83. The van der Waals surface area contributed by atoms with E-state index in [2.05, 4.69) is 10.5 Å². The van der Waals surface area contributed by atoms with Gasteiger partial charge in [0.2, 0.25) is 10.0 Å². The average Bonchev–Trinajstić information content (AvgIpc) is 2.84. The zero-order chi connectivity index (χ0) is 25.0. The smallest absolute Gasteiger partial charge is 0.271 e. The Hall–Kier alpha value is -3.85. The van der Waals surface area contributed by atoms with Gasteiger partial charge in [0.1, 0.15) is 13.2 Å². The Labute approximate surface area is 205 Å². The topological polar surface area (TPSA) is 97.3 Å². The van der Waals surface area contributed by atoms with E-state index >= 15 is 0 Å². The van der Waals surface area contributed by atoms with Gasteiger partial charge >= 0.3 is 0 Å². The Kier molecular flexibility index (Phi) is 7.07. The van der Waals surface area contributed by atoms with Crippen LogP contribution in [-0.2, 0) is 16.6 Å². The van der Waals surface area contributed by atoms with Crippen LogP contribution in [0, 0.1) is 13.8 Å². The monoisotopic (exact) mass is 493 g/mol. The van der Waals surface area contributed by atoms with Crippen molar-refractivity contribution in [1.29, 1.82) is 0 Å². The molecule has 0 atom stereocenters. The molecule has 1 aliphatic rings. The lowest BCUT2D eigenvalue weighted by atomic mass is 10.1. The summed E-state index contributed by atoms with van der Waals surface area (Å²) in [6.07, 6.45) is 2.69. The SMILES string of the molecule is Cc1ccc(N(Cc2ccc(C(=O)N/N=C/c3cccc4c3OCCO4)cc2)S(C)(=O)=O)cc1C. The molecule has 0 unspecified atom stereocenters. The lowest BCUT2D eigenvalue weighted by molar-refractivity contribution is 0.0955. The number of anilines is 1. The summed E-state index contributed by atoms with van der Waals surface area (Å²) in [7, 11) is -3.50. The van der Waals surface area contributed by atoms with E-state index in [0.29, 0.717) is 41.5 Å². The van der Waals surface area contributed by atoms with Gasteiger partial charge in [-0.05, 0) is 66.9 Å². The quantitative estimate of drug-likeness (QED) is 0.399. The van der Waals surface area contributed by atoms with Crippen molar-refractivity contribution in [1.82, 2.24) is 5.43 Å². The third-order valence-electron chi connectivity index (χ3n) is 5.69. The van der Waals surface area contributed by atoms with E-state index in [1.54, 1.807) is 30.3 Å². The van der Waals surface area contributed by atoms with E-state index in [1.165, 1.54) is 16.8 Å². The van der Waals surface area contributed by atoms with Gasteiger partial charge in [-0.3, -0.25) is 9.10 Å². The fraction of sp³-hybridized carbons (Fsp3) is 0.231. The highest BCUT2D eigenvalue weighted by molar-refractivity contribution is 7.92. The van der Waals surface area contributed by atoms with E-state index in [0.717, 1.165) is 16.7 Å². The van der Waals surface area contributed by atoms with Crippen LogP contribution >= 0.6 is 0 Å². The molecular weight excluding hydrogens is 466 g/mol. The van der Waals surface area contributed by atoms with Gasteiger partial charge in [0.05, 0.1) is 24.7 Å². The Morgan fingerprint density at radius 3 is 2.49 bits per heavy atom. The first kappa shape index (κ1) is 24.3. The molecule has 35 heavy (non-hydrogen) atoms. The second-order valence-electron chi connectivity index (χ2n) is 8.31. The highest BCUT2D eigenvalue weighted by Crippen LogP contribution is 2.32. The van der Waals surface area contributed by atoms with E-state index in [-0.39, 0.29) is 12.5 Å². The van der Waals surface area contributed by atoms with Crippen molar-refractivity contribution in [2.24, 2.45) is 5.10 Å². The number of sulfonamides is 1. The maximum Gasteiger partial charge on any atom is 0.271 e. The van der Waals surface area contributed by atoms with Crippen molar-refractivity contribution in [3.05, 3.63) is 88.5 Å². The van der Waals surface area contributed by atoms with Gasteiger partial charge in [0.15, 0.2) is 11.5 Å². The first-order valence-corrected chi connectivity index (χ1v) is 12.9. The molecule has 1 N–H and O–H groups in total. The molecule has 0 saturated heterocycles. The van der Waals surface area contributed by atoms with Crippen molar-refractivity contribution < 1.29 is 22.7 Å². The highest BCUT2D eigenvalue weighted by atomic mass is 32.2. The van der Waals surface area contributed by atoms with Crippen LogP contribution < -0.4 is 19.2 Å². The van der Waals surface area contributed by atoms with Gasteiger partial charge in [-0.2, -0.15) is 5.10 Å². The van der Waals surface area contributed by atoms with Gasteiger partial charge in [-0.15, -0.1) is 0 Å². The second kappa shape index (κ2) is 10.2. The number of carbonyl (C=O) groups is 1. The minimum absolute atomic E-state index is 0.155. The zero-order valence-corrected chi connectivity index (χ0v) is 20.6. The maximum atomic E-state index is 12.5. The molecule has 0 saturated carbocycles. The van der Waals surface area contributed by atoms with E-state index in [4.69, 9.17) is 9.47 Å². The first-order valence-electron chi connectivity index (χ1n) is 11.1. The minimum atomic E-state index is -3.50. The number of hydrazone groups is 1. The van der Waals surface area contributed by atoms with Gasteiger partial charge in [-0.25, -0.2) is 13.8 Å². The van der Waals surface area contributed by atoms with Crippen LogP contribution in [0.4, 0.5) is 5.69 Å². The summed E-state index contributed by atoms with van der Waals surface area (Å²) in [5.41, 5.74) is 7.06. The summed E-state index contributed by atoms with van der Waals surface area (Å²) >= 11 is 0. The normalized spacial score (nSPS) is 13.0. The Morgan fingerprint density at radius 1 is 1.03 bits per heavy atom. The number of nitrogens with one attached hydrogen (secondary N) is 1. The molecule has 3 aromatic rings. The fourth-order valence-electron chi connectivity index (χ4n) is 3.63. The summed E-state index contributed by atoms with van der Waals surface area (Å²) in [4.78, 5) is 12.5. The number of carbonyl (C=O) groups excluding carboxylic acids is 1. The highest BCUT2D eigenvalue weighted by Gasteiger charge is 2.19. The number of hydrogen-bond acceptors (Lipinski definition) is 6. The van der Waals surface area contributed by atoms with Crippen LogP contribution in [0.1, 0.15) is 32.6 Å². The van der Waals surface area contributed by atoms with Gasteiger partial charge in [-0.1, -0.05) is 24.3 Å². The molecule has 0 spiro atoms. The number of rotatable bonds is 7. The summed E-state index contributed by atoms with van der Waals surface area (Å²) in [6.45, 7) is 5.03. The summed E-state index contributed by atoms with van der Waals surface area (Å²) in [5.74, 6) is 0.857. The van der Waals surface area contributed by atoms with Crippen molar-refractivity contribution in [3.8, 4) is 11.5 Å². The minimum Gasteiger partial charge on any atom is -0.486 e. The standard InChI is InChI=1S/C26H27N3O5S/c1-18-7-12-23(15-19(18)2)29(35(3,31)32)17-20-8-10-21(11-9-20)26(30)28-27-16-22-5-4-6-24-25(22)34-14-13-33-24/h4-12,15-16H,13-14,17H2,1-3H3,(H,28,30)/b27-16+. The van der Waals surface area contributed by atoms with Gasteiger partial charge in [0, 0.05) is 11.1 Å². The molecular formula is C26H27N3O5S. The van der Waals surface area contributed by atoms with Crippen LogP contribution in [0.25, 0.3) is 0 Å². The van der Waals surface area contributed by atoms with Crippen LogP contribution in [0.3, 0.4) is 0 Å². The molecule has 8 nitrogen and oxygen atoms in total. The lowest BCUT2D eigenvalue weighted by Crippen LogP contribution is -2.29. The van der Waals surface area contributed by atoms with E-state index in [9.17, 15) is 13.2 Å². The Balaban J connectivity index is 1.44. The van der Waals surface area contributed by atoms with Gasteiger partial charge < -0.3 is 9.47 Å². The molecule has 1 aliphatic heterocycles. The predicted octanol–water partition coefficient (Wildman–Crippen LogP) is 3.80. The number of hydrogen-bond donors (Lipinski definition) is 1. The predicted molar refractivity (Wildman–Crippen MR) is 136 cm³/mol. The van der Waals surface area contributed by atoms with Crippen LogP contribution in [0.5, 0.6) is 11.5 Å². The summed E-state index contributed by atoms with van der Waals surface area (Å²) in [5, 5.41) is 4.04. The number of para-hydroxylation sites is 1. The third kappa shape index (κ3) is 5.81. The molecule has 0 radical (unpaired) electrons. The zero-order valence-electron chi connectivity index (χ0n) is 19.8. The number of benzene rings is 3. The lowest BCUT2D eigenvalue weighted by Gasteiger charge is -2.23. The molecule has 0 bridgehead atoms. The summed E-state index contributed by atoms with van der Waals surface area (Å²) in [6, 6.07) is 17.8. The molecule has 0 fully saturated rings. The van der Waals surface area contributed by atoms with Crippen molar-refractivity contribution in [2.75, 3.05) is 23.8 Å². The molecule has 1 amide bonds. The number of fused-ring (bicyclic) bond motifs is 1. The summed E-state index contributed by atoms with van der Waals surface area (Å²) < 4.78 is 37.5. The molecule has 1 heterocycles. The molecule has 0 aliphatic carbocycles. The van der Waals surface area contributed by atoms with Crippen LogP contribution in [0.15, 0.2) is 65.8 Å². The van der Waals surface area contributed by atoms with Crippen molar-refractivity contribution in [2.45, 2.75) is 20.4 Å². The first-order chi connectivity index (χ1) is 16.7. The van der Waals surface area contributed by atoms with Crippen LogP contribution in [-0.4, -0.2) is 40.0 Å². The number of nitrogens with zero attached hydrogens (tertiary/aromatic N) is 2. The molecule has 0 aromatic heterocycles. The largest absolute Gasteiger partial charge is 0.486 e. The fourth-order valence-corrected chi connectivity index (χ4v) is 4.51. The van der Waals surface area contributed by atoms with Gasteiger partial charge in [0.25, 0.3) is 5.91 Å². The Bertz CT molecular complexity index is 1370. The van der Waals surface area contributed by atoms with Crippen molar-refractivity contribution >= 4 is 27.8 Å². The maximum absolute atomic E-state index is 12.5. The molecule has 3 aromatic carbocycles. The second-order valence-corrected chi connectivity index (χ2v) is 10.2. The number of aryl methyl sites for hydroxylation is 2.